The molecule has 1 heterocycles. The van der Waals surface area contributed by atoms with Crippen molar-refractivity contribution in [3.05, 3.63) is 84.4 Å². The number of hydrogen-bond acceptors (Lipinski definition) is 5. The maximum Gasteiger partial charge on any atom is 0.238 e. The van der Waals surface area contributed by atoms with Gasteiger partial charge in [0.25, 0.3) is 0 Å². The van der Waals surface area contributed by atoms with Crippen molar-refractivity contribution in [2.45, 2.75) is 17.9 Å². The van der Waals surface area contributed by atoms with Gasteiger partial charge in [0.05, 0.1) is 16.5 Å². The number of benzene rings is 3. The molecule has 4 aromatic rings. The van der Waals surface area contributed by atoms with Crippen molar-refractivity contribution in [3.8, 4) is 11.4 Å². The predicted octanol–water partition coefficient (Wildman–Crippen LogP) is 4.12. The lowest BCUT2D eigenvalue weighted by atomic mass is 10.1. The smallest absolute Gasteiger partial charge is 0.238 e. The molecule has 0 aliphatic heterocycles. The van der Waals surface area contributed by atoms with Crippen LogP contribution in [-0.4, -0.2) is 18.4 Å². The second kappa shape index (κ2) is 7.62. The van der Waals surface area contributed by atoms with Crippen molar-refractivity contribution >= 4 is 26.7 Å². The van der Waals surface area contributed by atoms with Crippen molar-refractivity contribution in [1.82, 2.24) is 9.97 Å². The number of fused-ring (bicyclic) bond motifs is 1. The third-order valence-electron chi connectivity index (χ3n) is 4.68. The van der Waals surface area contributed by atoms with Gasteiger partial charge >= 0.3 is 0 Å². The van der Waals surface area contributed by atoms with Crippen LogP contribution in [0.25, 0.3) is 22.3 Å². The Hall–Kier alpha value is -3.29. The number of sulfonamides is 1. The molecular formula is C22H20N4O2S. The molecule has 7 heteroatoms. The van der Waals surface area contributed by atoms with E-state index in [0.29, 0.717) is 11.6 Å². The molecule has 6 nitrogen and oxygen atoms in total. The Bertz CT molecular complexity index is 1270. The zero-order valence-corrected chi connectivity index (χ0v) is 16.6. The SMILES string of the molecule is CC(Nc1nc(-c2ccccc2)nc2ccccc12)c1cccc(S(N)(=O)=O)c1. The van der Waals surface area contributed by atoms with E-state index in [1.807, 2.05) is 67.6 Å². The first-order valence-corrected chi connectivity index (χ1v) is 10.7. The minimum Gasteiger partial charge on any atom is -0.363 e. The maximum absolute atomic E-state index is 11.7. The quantitative estimate of drug-likeness (QED) is 0.521. The summed E-state index contributed by atoms with van der Waals surface area (Å²) in [5.74, 6) is 1.31. The van der Waals surface area contributed by atoms with Gasteiger partial charge in [0.15, 0.2) is 5.82 Å². The largest absolute Gasteiger partial charge is 0.363 e. The third-order valence-corrected chi connectivity index (χ3v) is 5.59. The van der Waals surface area contributed by atoms with E-state index in [0.717, 1.165) is 22.0 Å². The minimum absolute atomic E-state index is 0.0844. The second-order valence-electron chi connectivity index (χ2n) is 6.76. The van der Waals surface area contributed by atoms with Crippen molar-refractivity contribution in [2.24, 2.45) is 5.14 Å². The van der Waals surface area contributed by atoms with Crippen LogP contribution in [0, 0.1) is 0 Å². The van der Waals surface area contributed by atoms with Crippen LogP contribution in [-0.2, 0) is 10.0 Å². The molecule has 0 amide bonds. The van der Waals surface area contributed by atoms with Crippen LogP contribution in [0.5, 0.6) is 0 Å². The van der Waals surface area contributed by atoms with Crippen molar-refractivity contribution < 1.29 is 8.42 Å². The molecule has 1 atom stereocenters. The molecule has 0 bridgehead atoms. The van der Waals surface area contributed by atoms with Crippen LogP contribution in [0.1, 0.15) is 18.5 Å². The normalized spacial score (nSPS) is 12.6. The number of hydrogen-bond donors (Lipinski definition) is 2. The van der Waals surface area contributed by atoms with Crippen LogP contribution >= 0.6 is 0 Å². The number of nitrogens with two attached hydrogens (primary N) is 1. The summed E-state index contributed by atoms with van der Waals surface area (Å²) in [6.07, 6.45) is 0. The molecular weight excluding hydrogens is 384 g/mol. The van der Waals surface area contributed by atoms with Crippen LogP contribution in [0.2, 0.25) is 0 Å². The van der Waals surface area contributed by atoms with E-state index in [-0.39, 0.29) is 10.9 Å². The number of aromatic nitrogens is 2. The van der Waals surface area contributed by atoms with Crippen LogP contribution in [0.4, 0.5) is 5.82 Å². The summed E-state index contributed by atoms with van der Waals surface area (Å²) in [5, 5.41) is 9.56. The predicted molar refractivity (Wildman–Crippen MR) is 115 cm³/mol. The van der Waals surface area contributed by atoms with Gasteiger partial charge in [-0.05, 0) is 36.8 Å². The molecule has 0 aliphatic carbocycles. The molecule has 0 aliphatic rings. The summed E-state index contributed by atoms with van der Waals surface area (Å²) in [4.78, 5) is 9.51. The third kappa shape index (κ3) is 4.11. The Morgan fingerprint density at radius 2 is 1.62 bits per heavy atom. The Morgan fingerprint density at radius 1 is 0.897 bits per heavy atom. The maximum atomic E-state index is 11.7. The van der Waals surface area contributed by atoms with E-state index in [9.17, 15) is 8.42 Å². The highest BCUT2D eigenvalue weighted by Crippen LogP contribution is 2.28. The Kier molecular flexibility index (Phi) is 5.00. The summed E-state index contributed by atoms with van der Waals surface area (Å²) < 4.78 is 23.4. The molecule has 1 aromatic heterocycles. The monoisotopic (exact) mass is 404 g/mol. The lowest BCUT2D eigenvalue weighted by Crippen LogP contribution is -2.14. The van der Waals surface area contributed by atoms with Gasteiger partial charge < -0.3 is 5.32 Å². The van der Waals surface area contributed by atoms with E-state index in [1.54, 1.807) is 12.1 Å². The van der Waals surface area contributed by atoms with Gasteiger partial charge in [0, 0.05) is 10.9 Å². The van der Waals surface area contributed by atoms with E-state index >= 15 is 0 Å². The van der Waals surface area contributed by atoms with Gasteiger partial charge in [-0.3, -0.25) is 0 Å². The fraction of sp³-hybridized carbons (Fsp3) is 0.0909. The number of primary sulfonamides is 1. The van der Waals surface area contributed by atoms with Crippen molar-refractivity contribution in [2.75, 3.05) is 5.32 Å². The molecule has 29 heavy (non-hydrogen) atoms. The summed E-state index contributed by atoms with van der Waals surface area (Å²) in [7, 11) is -3.76. The van der Waals surface area contributed by atoms with Gasteiger partial charge in [0.2, 0.25) is 10.0 Å². The molecule has 0 radical (unpaired) electrons. The summed E-state index contributed by atoms with van der Waals surface area (Å²) >= 11 is 0. The second-order valence-corrected chi connectivity index (χ2v) is 8.32. The topological polar surface area (TPSA) is 98.0 Å². The molecule has 3 N–H and O–H groups in total. The summed E-state index contributed by atoms with van der Waals surface area (Å²) in [6, 6.07) is 24.0. The fourth-order valence-electron chi connectivity index (χ4n) is 3.15. The van der Waals surface area contributed by atoms with Crippen molar-refractivity contribution in [3.63, 3.8) is 0 Å². The molecule has 0 fully saturated rings. The lowest BCUT2D eigenvalue weighted by Gasteiger charge is -2.18. The molecule has 0 saturated heterocycles. The van der Waals surface area contributed by atoms with E-state index in [4.69, 9.17) is 10.1 Å². The number of rotatable bonds is 5. The standard InChI is InChI=1S/C22H20N4O2S/c1-15(17-10-7-11-18(14-17)29(23,27)28)24-22-19-12-5-6-13-20(19)25-21(26-22)16-8-3-2-4-9-16/h2-15H,1H3,(H2,23,27,28)(H,24,25,26). The highest BCUT2D eigenvalue weighted by atomic mass is 32.2. The zero-order chi connectivity index (χ0) is 20.4. The molecule has 1 unspecified atom stereocenters. The van der Waals surface area contributed by atoms with E-state index < -0.39 is 10.0 Å². The molecule has 3 aromatic carbocycles. The Balaban J connectivity index is 1.76. The summed E-state index contributed by atoms with van der Waals surface area (Å²) in [5.41, 5.74) is 2.54. The van der Waals surface area contributed by atoms with E-state index in [1.165, 1.54) is 6.07 Å². The van der Waals surface area contributed by atoms with E-state index in [2.05, 4.69) is 10.3 Å². The van der Waals surface area contributed by atoms with Gasteiger partial charge in [-0.2, -0.15) is 0 Å². The zero-order valence-electron chi connectivity index (χ0n) is 15.8. The van der Waals surface area contributed by atoms with Crippen LogP contribution in [0.15, 0.2) is 83.8 Å². The number of nitrogens with zero attached hydrogens (tertiary/aromatic N) is 2. The van der Waals surface area contributed by atoms with Gasteiger partial charge in [-0.25, -0.2) is 23.5 Å². The molecule has 0 saturated carbocycles. The first-order valence-electron chi connectivity index (χ1n) is 9.13. The summed E-state index contributed by atoms with van der Waals surface area (Å²) in [6.45, 7) is 1.95. The van der Waals surface area contributed by atoms with Gasteiger partial charge in [-0.15, -0.1) is 0 Å². The van der Waals surface area contributed by atoms with Gasteiger partial charge in [-0.1, -0.05) is 54.6 Å². The van der Waals surface area contributed by atoms with Crippen LogP contribution in [0.3, 0.4) is 0 Å². The highest BCUT2D eigenvalue weighted by Gasteiger charge is 2.15. The van der Waals surface area contributed by atoms with Gasteiger partial charge in [0.1, 0.15) is 5.82 Å². The highest BCUT2D eigenvalue weighted by molar-refractivity contribution is 7.89. The average molecular weight is 404 g/mol. The fourth-order valence-corrected chi connectivity index (χ4v) is 3.72. The molecule has 0 spiro atoms. The molecule has 4 rings (SSSR count). The number of anilines is 1. The minimum atomic E-state index is -3.76. The van der Waals surface area contributed by atoms with Crippen LogP contribution < -0.4 is 10.5 Å². The lowest BCUT2D eigenvalue weighted by molar-refractivity contribution is 0.597. The first kappa shape index (κ1) is 19.0. The van der Waals surface area contributed by atoms with Crippen molar-refractivity contribution in [1.29, 1.82) is 0 Å². The number of para-hydroxylation sites is 1. The average Bonchev–Trinajstić information content (AvgIpc) is 2.74. The Labute approximate surface area is 169 Å². The first-order chi connectivity index (χ1) is 13.9. The Morgan fingerprint density at radius 3 is 2.38 bits per heavy atom. The number of nitrogens with one attached hydrogen (secondary N) is 1. The molecule has 146 valence electrons.